The summed E-state index contributed by atoms with van der Waals surface area (Å²) in [6.07, 6.45) is 5.56. The van der Waals surface area contributed by atoms with Gasteiger partial charge < -0.3 is 5.32 Å². The fraction of sp³-hybridized carbons (Fsp3) is 1.00. The number of piperidine rings is 1. The summed E-state index contributed by atoms with van der Waals surface area (Å²) >= 11 is 0. The molecule has 1 N–H and O–H groups in total. The van der Waals surface area contributed by atoms with E-state index in [-0.39, 0.29) is 0 Å². The first-order chi connectivity index (χ1) is 7.19. The van der Waals surface area contributed by atoms with E-state index in [1.54, 1.807) is 0 Å². The summed E-state index contributed by atoms with van der Waals surface area (Å²) in [4.78, 5) is 2.74. The molecule has 2 aliphatic rings. The van der Waals surface area contributed by atoms with E-state index in [0.717, 1.165) is 12.1 Å². The minimum absolute atomic E-state index is 0.657. The van der Waals surface area contributed by atoms with Crippen molar-refractivity contribution in [3.05, 3.63) is 0 Å². The number of nitrogens with zero attached hydrogens (tertiary/aromatic N) is 1. The second-order valence-corrected chi connectivity index (χ2v) is 5.62. The number of hydrogen-bond donors (Lipinski definition) is 1. The van der Waals surface area contributed by atoms with Gasteiger partial charge in [0.15, 0.2) is 0 Å². The van der Waals surface area contributed by atoms with Crippen molar-refractivity contribution >= 4 is 0 Å². The quantitative estimate of drug-likeness (QED) is 0.752. The van der Waals surface area contributed by atoms with Gasteiger partial charge in [-0.1, -0.05) is 6.92 Å². The van der Waals surface area contributed by atoms with E-state index >= 15 is 0 Å². The number of rotatable bonds is 2. The van der Waals surface area contributed by atoms with Crippen molar-refractivity contribution in [2.45, 2.75) is 58.5 Å². The van der Waals surface area contributed by atoms with Crippen LogP contribution < -0.4 is 5.32 Å². The van der Waals surface area contributed by atoms with Gasteiger partial charge >= 0.3 is 0 Å². The molecular formula is C13H26N2. The predicted molar refractivity (Wildman–Crippen MR) is 65.1 cm³/mol. The number of likely N-dealkylation sites (tertiary alicyclic amines) is 1. The Bertz CT molecular complexity index is 207. The van der Waals surface area contributed by atoms with Crippen LogP contribution in [0.1, 0.15) is 46.5 Å². The van der Waals surface area contributed by atoms with Crippen LogP contribution in [0.4, 0.5) is 0 Å². The van der Waals surface area contributed by atoms with Crippen molar-refractivity contribution in [3.63, 3.8) is 0 Å². The van der Waals surface area contributed by atoms with Gasteiger partial charge in [-0.2, -0.15) is 0 Å². The Morgan fingerprint density at radius 2 is 1.93 bits per heavy atom. The highest BCUT2D eigenvalue weighted by atomic mass is 15.2. The molecule has 0 bridgehead atoms. The molecule has 0 amide bonds. The molecule has 2 saturated heterocycles. The van der Waals surface area contributed by atoms with Crippen molar-refractivity contribution in [3.8, 4) is 0 Å². The van der Waals surface area contributed by atoms with E-state index in [0.29, 0.717) is 5.41 Å². The smallest absolute Gasteiger partial charge is 0.0153 e. The molecule has 0 saturated carbocycles. The molecule has 0 aromatic rings. The van der Waals surface area contributed by atoms with Crippen LogP contribution in [0.15, 0.2) is 0 Å². The largest absolute Gasteiger partial charge is 0.317 e. The highest BCUT2D eigenvalue weighted by Gasteiger charge is 2.46. The highest BCUT2D eigenvalue weighted by Crippen LogP contribution is 2.45. The van der Waals surface area contributed by atoms with Gasteiger partial charge in [-0.05, 0) is 64.6 Å². The third-order valence-corrected chi connectivity index (χ3v) is 4.62. The molecule has 1 unspecified atom stereocenters. The highest BCUT2D eigenvalue weighted by molar-refractivity contribution is 5.01. The van der Waals surface area contributed by atoms with Crippen LogP contribution in [0, 0.1) is 5.41 Å². The average Bonchev–Trinajstić information content (AvgIpc) is 2.58. The summed E-state index contributed by atoms with van der Waals surface area (Å²) in [6, 6.07) is 1.57. The Morgan fingerprint density at radius 1 is 1.27 bits per heavy atom. The Morgan fingerprint density at radius 3 is 2.47 bits per heavy atom. The predicted octanol–water partition coefficient (Wildman–Crippen LogP) is 2.25. The van der Waals surface area contributed by atoms with Crippen LogP contribution in [-0.4, -0.2) is 36.6 Å². The molecule has 2 heterocycles. The maximum atomic E-state index is 3.51. The molecule has 88 valence electrons. The van der Waals surface area contributed by atoms with Crippen molar-refractivity contribution < 1.29 is 0 Å². The third kappa shape index (κ3) is 1.94. The zero-order valence-corrected chi connectivity index (χ0v) is 10.6. The van der Waals surface area contributed by atoms with Gasteiger partial charge in [0, 0.05) is 12.1 Å². The maximum Gasteiger partial charge on any atom is 0.0153 e. The normalized spacial score (nSPS) is 31.6. The van der Waals surface area contributed by atoms with E-state index in [9.17, 15) is 0 Å². The molecule has 2 fully saturated rings. The molecule has 1 spiro atoms. The minimum atomic E-state index is 0.657. The molecule has 0 aliphatic carbocycles. The molecule has 0 radical (unpaired) electrons. The SMILES string of the molecule is CCC1N(C(C)C)CCC12CCNCC2. The summed E-state index contributed by atoms with van der Waals surface area (Å²) in [5.74, 6) is 0. The van der Waals surface area contributed by atoms with Crippen LogP contribution in [0.3, 0.4) is 0 Å². The maximum absolute atomic E-state index is 3.51. The summed E-state index contributed by atoms with van der Waals surface area (Å²) in [6.45, 7) is 10.9. The first kappa shape index (κ1) is 11.4. The van der Waals surface area contributed by atoms with Crippen LogP contribution in [0.25, 0.3) is 0 Å². The lowest BCUT2D eigenvalue weighted by atomic mass is 9.72. The molecule has 0 aromatic carbocycles. The monoisotopic (exact) mass is 210 g/mol. The van der Waals surface area contributed by atoms with Crippen LogP contribution >= 0.6 is 0 Å². The molecule has 2 heteroatoms. The van der Waals surface area contributed by atoms with Crippen molar-refractivity contribution in [2.75, 3.05) is 19.6 Å². The molecule has 1 atom stereocenters. The fourth-order valence-electron chi connectivity index (χ4n) is 3.82. The fourth-order valence-corrected chi connectivity index (χ4v) is 3.82. The zero-order chi connectivity index (χ0) is 10.9. The van der Waals surface area contributed by atoms with Gasteiger partial charge in [-0.15, -0.1) is 0 Å². The Labute approximate surface area is 94.4 Å². The standard InChI is InChI=1S/C13H26N2/c1-4-12-13(5-8-14-9-6-13)7-10-15(12)11(2)3/h11-12,14H,4-10H2,1-3H3. The second-order valence-electron chi connectivity index (χ2n) is 5.62. The molecular weight excluding hydrogens is 184 g/mol. The summed E-state index contributed by atoms with van der Waals surface area (Å²) < 4.78 is 0. The lowest BCUT2D eigenvalue weighted by molar-refractivity contribution is 0.0933. The van der Waals surface area contributed by atoms with Crippen LogP contribution in [0.2, 0.25) is 0 Å². The van der Waals surface area contributed by atoms with Gasteiger partial charge in [0.25, 0.3) is 0 Å². The molecule has 2 rings (SSSR count). The van der Waals surface area contributed by atoms with Crippen molar-refractivity contribution in [1.82, 2.24) is 10.2 Å². The number of nitrogens with one attached hydrogen (secondary N) is 1. The van der Waals surface area contributed by atoms with Gasteiger partial charge in [-0.25, -0.2) is 0 Å². The Hall–Kier alpha value is -0.0800. The van der Waals surface area contributed by atoms with Gasteiger partial charge in [0.2, 0.25) is 0 Å². The molecule has 2 nitrogen and oxygen atoms in total. The van der Waals surface area contributed by atoms with E-state index < -0.39 is 0 Å². The van der Waals surface area contributed by atoms with Crippen LogP contribution in [-0.2, 0) is 0 Å². The van der Waals surface area contributed by atoms with Gasteiger partial charge in [0.1, 0.15) is 0 Å². The van der Waals surface area contributed by atoms with Gasteiger partial charge in [0.05, 0.1) is 0 Å². The second kappa shape index (κ2) is 4.42. The molecule has 2 aliphatic heterocycles. The van der Waals surface area contributed by atoms with Crippen LogP contribution in [0.5, 0.6) is 0 Å². The van der Waals surface area contributed by atoms with E-state index in [4.69, 9.17) is 0 Å². The first-order valence-corrected chi connectivity index (χ1v) is 6.66. The Kier molecular flexibility index (Phi) is 3.36. The summed E-state index contributed by atoms with van der Waals surface area (Å²) in [5.41, 5.74) is 0.657. The van der Waals surface area contributed by atoms with Crippen molar-refractivity contribution in [1.29, 1.82) is 0 Å². The summed E-state index contributed by atoms with van der Waals surface area (Å²) in [5, 5.41) is 3.51. The lowest BCUT2D eigenvalue weighted by Crippen LogP contribution is -2.47. The average molecular weight is 210 g/mol. The third-order valence-electron chi connectivity index (χ3n) is 4.62. The lowest BCUT2D eigenvalue weighted by Gasteiger charge is -2.42. The molecule has 15 heavy (non-hydrogen) atoms. The van der Waals surface area contributed by atoms with Gasteiger partial charge in [-0.3, -0.25) is 4.90 Å². The van der Waals surface area contributed by atoms with Crippen molar-refractivity contribution in [2.24, 2.45) is 5.41 Å². The number of hydrogen-bond acceptors (Lipinski definition) is 2. The first-order valence-electron chi connectivity index (χ1n) is 6.66. The summed E-state index contributed by atoms with van der Waals surface area (Å²) in [7, 11) is 0. The van der Waals surface area contributed by atoms with E-state index in [2.05, 4.69) is 31.0 Å². The minimum Gasteiger partial charge on any atom is -0.317 e. The Balaban J connectivity index is 2.12. The topological polar surface area (TPSA) is 15.3 Å². The zero-order valence-electron chi connectivity index (χ0n) is 10.6. The van der Waals surface area contributed by atoms with E-state index in [1.165, 1.54) is 45.3 Å². The molecule has 0 aromatic heterocycles. The van der Waals surface area contributed by atoms with E-state index in [1.807, 2.05) is 0 Å².